The van der Waals surface area contributed by atoms with Gasteiger partial charge in [-0.05, 0) is 49.8 Å². The Kier molecular flexibility index (Phi) is 14.9. The third-order valence-electron chi connectivity index (χ3n) is 5.46. The van der Waals surface area contributed by atoms with Gasteiger partial charge < -0.3 is 37.6 Å². The van der Waals surface area contributed by atoms with E-state index >= 15 is 0 Å². The maximum absolute atomic E-state index is 13.3. The first kappa shape index (κ1) is 31.9. The van der Waals surface area contributed by atoms with Crippen LogP contribution in [-0.2, 0) is 30.4 Å². The van der Waals surface area contributed by atoms with Crippen molar-refractivity contribution in [3.05, 3.63) is 35.9 Å². The van der Waals surface area contributed by atoms with Crippen LogP contribution in [0.1, 0.15) is 37.7 Å². The average Bonchev–Trinajstić information content (AvgIpc) is 2.85. The fourth-order valence-corrected chi connectivity index (χ4v) is 3.88. The van der Waals surface area contributed by atoms with Gasteiger partial charge in [0.2, 0.25) is 17.7 Å². The maximum atomic E-state index is 13.3. The number of nitrogens with one attached hydrogen (secondary N) is 3. The minimum Gasteiger partial charge on any atom is -0.481 e. The number of amides is 3. The van der Waals surface area contributed by atoms with Crippen LogP contribution in [-0.4, -0.2) is 82.6 Å². The highest BCUT2D eigenvalue weighted by atomic mass is 32.2. The molecule has 0 heterocycles. The third-order valence-corrected chi connectivity index (χ3v) is 6.10. The molecule has 0 radical (unpaired) electrons. The molecule has 1 aromatic carbocycles. The highest BCUT2D eigenvalue weighted by Crippen LogP contribution is 2.08. The van der Waals surface area contributed by atoms with E-state index in [1.807, 2.05) is 12.3 Å². The van der Waals surface area contributed by atoms with Gasteiger partial charge in [0.15, 0.2) is 0 Å². The van der Waals surface area contributed by atoms with Crippen molar-refractivity contribution in [1.82, 2.24) is 16.0 Å². The van der Waals surface area contributed by atoms with Gasteiger partial charge in [-0.15, -0.1) is 0 Å². The smallest absolute Gasteiger partial charge is 0.326 e. The second-order valence-corrected chi connectivity index (χ2v) is 9.47. The summed E-state index contributed by atoms with van der Waals surface area (Å²) >= 11 is 1.54. The number of rotatable bonds is 18. The van der Waals surface area contributed by atoms with Crippen molar-refractivity contribution >= 4 is 41.4 Å². The minimum atomic E-state index is -1.67. The fourth-order valence-electron chi connectivity index (χ4n) is 3.39. The van der Waals surface area contributed by atoms with E-state index in [0.29, 0.717) is 31.6 Å². The lowest BCUT2D eigenvalue weighted by Gasteiger charge is -2.25. The number of carbonyl (C=O) groups is 5. The summed E-state index contributed by atoms with van der Waals surface area (Å²) < 4.78 is 0. The maximum Gasteiger partial charge on any atom is 0.326 e. The van der Waals surface area contributed by atoms with E-state index in [-0.39, 0.29) is 12.8 Å². The Bertz CT molecular complexity index is 903. The number of nitrogens with two attached hydrogens (primary N) is 2. The van der Waals surface area contributed by atoms with Crippen LogP contribution in [0.5, 0.6) is 0 Å². The van der Waals surface area contributed by atoms with Crippen molar-refractivity contribution in [1.29, 1.82) is 0 Å². The molecule has 1 aromatic rings. The van der Waals surface area contributed by atoms with Gasteiger partial charge in [0.25, 0.3) is 0 Å². The standard InChI is InChI=1S/C24H37N5O7S/c1-37-12-10-16(26)21(32)28-18(13-15-7-3-2-4-8-15)23(34)27-17(9-5-6-11-25)22(33)29-19(24(35)36)14-20(30)31/h2-4,7-8,16-19H,5-6,9-14,25-26H2,1H3,(H,27,34)(H,28,32)(H,29,33)(H,30,31)(H,35,36). The second kappa shape index (κ2) is 17.3. The quantitative estimate of drug-likeness (QED) is 0.118. The number of carbonyl (C=O) groups excluding carboxylic acids is 3. The molecule has 1 rings (SSSR count). The molecular formula is C24H37N5O7S. The van der Waals surface area contributed by atoms with Crippen LogP contribution < -0.4 is 27.4 Å². The highest BCUT2D eigenvalue weighted by Gasteiger charge is 2.31. The molecule has 12 nitrogen and oxygen atoms in total. The Morgan fingerprint density at radius 3 is 2.03 bits per heavy atom. The van der Waals surface area contributed by atoms with E-state index < -0.39 is 60.2 Å². The van der Waals surface area contributed by atoms with Gasteiger partial charge >= 0.3 is 11.9 Å². The van der Waals surface area contributed by atoms with Crippen molar-refractivity contribution in [2.75, 3.05) is 18.6 Å². The van der Waals surface area contributed by atoms with E-state index in [2.05, 4.69) is 16.0 Å². The normalized spacial score (nSPS) is 14.0. The molecule has 206 valence electrons. The Labute approximate surface area is 220 Å². The van der Waals surface area contributed by atoms with Gasteiger partial charge in [-0.25, -0.2) is 4.79 Å². The average molecular weight is 540 g/mol. The number of hydrogen-bond donors (Lipinski definition) is 7. The lowest BCUT2D eigenvalue weighted by atomic mass is 10.0. The van der Waals surface area contributed by atoms with Crippen LogP contribution >= 0.6 is 11.8 Å². The molecule has 0 aliphatic heterocycles. The Hall–Kier alpha value is -3.16. The van der Waals surface area contributed by atoms with E-state index in [9.17, 15) is 29.1 Å². The molecule has 4 unspecified atom stereocenters. The monoisotopic (exact) mass is 539 g/mol. The van der Waals surface area contributed by atoms with Gasteiger partial charge in [0.05, 0.1) is 12.5 Å². The lowest BCUT2D eigenvalue weighted by molar-refractivity contribution is -0.147. The van der Waals surface area contributed by atoms with Crippen LogP contribution in [0.2, 0.25) is 0 Å². The largest absolute Gasteiger partial charge is 0.481 e. The Balaban J connectivity index is 3.08. The van der Waals surface area contributed by atoms with Gasteiger partial charge in [-0.3, -0.25) is 19.2 Å². The molecule has 0 fully saturated rings. The second-order valence-electron chi connectivity index (χ2n) is 8.48. The van der Waals surface area contributed by atoms with E-state index in [1.54, 1.807) is 24.3 Å². The number of carboxylic acids is 2. The number of thioether (sulfide) groups is 1. The fraction of sp³-hybridized carbons (Fsp3) is 0.542. The van der Waals surface area contributed by atoms with Gasteiger partial charge in [-0.1, -0.05) is 30.3 Å². The Morgan fingerprint density at radius 1 is 0.865 bits per heavy atom. The summed E-state index contributed by atoms with van der Waals surface area (Å²) in [5.41, 5.74) is 12.3. The predicted octanol–water partition coefficient (Wildman–Crippen LogP) is -0.548. The van der Waals surface area contributed by atoms with Gasteiger partial charge in [0.1, 0.15) is 18.1 Å². The molecule has 13 heteroatoms. The summed E-state index contributed by atoms with van der Waals surface area (Å²) in [6.45, 7) is 0.347. The number of aliphatic carboxylic acids is 2. The van der Waals surface area contributed by atoms with Crippen molar-refractivity contribution in [2.24, 2.45) is 11.5 Å². The summed E-state index contributed by atoms with van der Waals surface area (Å²) in [6.07, 6.45) is 2.72. The minimum absolute atomic E-state index is 0.127. The first-order chi connectivity index (χ1) is 17.6. The van der Waals surface area contributed by atoms with E-state index in [1.165, 1.54) is 11.8 Å². The zero-order chi connectivity index (χ0) is 27.8. The van der Waals surface area contributed by atoms with Crippen LogP contribution in [0.4, 0.5) is 0 Å². The number of carboxylic acid groups (broad SMARTS) is 2. The zero-order valence-corrected chi connectivity index (χ0v) is 21.7. The summed E-state index contributed by atoms with van der Waals surface area (Å²) in [5, 5.41) is 25.6. The number of hydrogen-bond acceptors (Lipinski definition) is 8. The lowest BCUT2D eigenvalue weighted by Crippen LogP contribution is -2.57. The molecule has 0 aliphatic rings. The molecule has 4 atom stereocenters. The zero-order valence-electron chi connectivity index (χ0n) is 20.9. The van der Waals surface area contributed by atoms with Crippen molar-refractivity contribution in [2.45, 2.75) is 62.7 Å². The first-order valence-electron chi connectivity index (χ1n) is 11.9. The van der Waals surface area contributed by atoms with E-state index in [4.69, 9.17) is 16.6 Å². The molecule has 0 spiro atoms. The molecule has 9 N–H and O–H groups in total. The van der Waals surface area contributed by atoms with Crippen LogP contribution in [0.15, 0.2) is 30.3 Å². The van der Waals surface area contributed by atoms with Crippen LogP contribution in [0, 0.1) is 0 Å². The molecule has 0 saturated heterocycles. The van der Waals surface area contributed by atoms with E-state index in [0.717, 1.165) is 5.56 Å². The summed E-state index contributed by atoms with van der Waals surface area (Å²) in [5.74, 6) is -4.28. The predicted molar refractivity (Wildman–Crippen MR) is 140 cm³/mol. The number of benzene rings is 1. The molecule has 37 heavy (non-hydrogen) atoms. The molecule has 3 amide bonds. The van der Waals surface area contributed by atoms with Gasteiger partial charge in [-0.2, -0.15) is 11.8 Å². The van der Waals surface area contributed by atoms with Gasteiger partial charge in [0, 0.05) is 6.42 Å². The molecule has 0 aliphatic carbocycles. The Morgan fingerprint density at radius 2 is 1.46 bits per heavy atom. The SMILES string of the molecule is CSCCC(N)C(=O)NC(Cc1ccccc1)C(=O)NC(CCCCN)C(=O)NC(CC(=O)O)C(=O)O. The van der Waals surface area contributed by atoms with Crippen molar-refractivity contribution < 1.29 is 34.2 Å². The molecular weight excluding hydrogens is 502 g/mol. The third kappa shape index (κ3) is 12.6. The number of unbranched alkanes of at least 4 members (excludes halogenated alkanes) is 1. The highest BCUT2D eigenvalue weighted by molar-refractivity contribution is 7.98. The topological polar surface area (TPSA) is 214 Å². The summed E-state index contributed by atoms with van der Waals surface area (Å²) in [6, 6.07) is 4.22. The molecule has 0 saturated carbocycles. The first-order valence-corrected chi connectivity index (χ1v) is 13.3. The van der Waals surface area contributed by atoms with Crippen LogP contribution in [0.3, 0.4) is 0 Å². The summed E-state index contributed by atoms with van der Waals surface area (Å²) in [4.78, 5) is 61.2. The van der Waals surface area contributed by atoms with Crippen LogP contribution in [0.25, 0.3) is 0 Å². The van der Waals surface area contributed by atoms with Crippen molar-refractivity contribution in [3.8, 4) is 0 Å². The molecule has 0 aromatic heterocycles. The summed E-state index contributed by atoms with van der Waals surface area (Å²) in [7, 11) is 0. The van der Waals surface area contributed by atoms with Crippen molar-refractivity contribution in [3.63, 3.8) is 0 Å². The molecule has 0 bridgehead atoms.